The number of unbranched alkanes of at least 4 members (excludes halogenated alkanes) is 1. The number of hydrogen-bond donors (Lipinski definition) is 1. The number of hydrogen-bond acceptors (Lipinski definition) is 3. The van der Waals surface area contributed by atoms with E-state index in [0.717, 1.165) is 23.6 Å². The Hall–Kier alpha value is -2.83. The van der Waals surface area contributed by atoms with Gasteiger partial charge in [-0.1, -0.05) is 61.3 Å². The predicted molar refractivity (Wildman–Crippen MR) is 131 cm³/mol. The molecule has 0 aliphatic rings. The average Bonchev–Trinajstić information content (AvgIpc) is 2.79. The van der Waals surface area contributed by atoms with Crippen LogP contribution in [0.3, 0.4) is 0 Å². The summed E-state index contributed by atoms with van der Waals surface area (Å²) in [5.41, 5.74) is 2.77. The van der Waals surface area contributed by atoms with Crippen molar-refractivity contribution in [3.63, 3.8) is 0 Å². The molecular weight excluding hydrogens is 444 g/mol. The van der Waals surface area contributed by atoms with Crippen molar-refractivity contribution >= 4 is 38.9 Å². The minimum absolute atomic E-state index is 0.104. The summed E-state index contributed by atoms with van der Waals surface area (Å²) in [5.74, 6) is -0.440. The first-order valence-corrected chi connectivity index (χ1v) is 12.4. The van der Waals surface area contributed by atoms with Crippen LogP contribution in [0.2, 0.25) is 5.02 Å². The van der Waals surface area contributed by atoms with Crippen molar-refractivity contribution in [2.75, 3.05) is 16.2 Å². The number of sulfonamides is 1. The fraction of sp³-hybridized carbons (Fsp3) is 0.240. The third-order valence-electron chi connectivity index (χ3n) is 5.18. The molecule has 0 aromatic heterocycles. The fourth-order valence-electron chi connectivity index (χ4n) is 3.35. The Balaban J connectivity index is 1.87. The second-order valence-electron chi connectivity index (χ2n) is 7.56. The van der Waals surface area contributed by atoms with Gasteiger partial charge in [0, 0.05) is 10.7 Å². The molecule has 7 heteroatoms. The lowest BCUT2D eigenvalue weighted by Gasteiger charge is -2.26. The van der Waals surface area contributed by atoms with Gasteiger partial charge in [-0.3, -0.25) is 9.10 Å². The molecule has 0 aliphatic carbocycles. The SMILES string of the molecule is CCCCc1ccc(NC(=O)CN(c2cccc(Cl)c2C)S(=O)(=O)c2ccccc2)cc1. The third-order valence-corrected chi connectivity index (χ3v) is 7.37. The number of carbonyl (C=O) groups is 1. The van der Waals surface area contributed by atoms with Gasteiger partial charge in [0.1, 0.15) is 6.54 Å². The molecule has 1 N–H and O–H groups in total. The molecule has 0 heterocycles. The summed E-state index contributed by atoms with van der Waals surface area (Å²) >= 11 is 6.25. The van der Waals surface area contributed by atoms with E-state index in [4.69, 9.17) is 11.6 Å². The van der Waals surface area contributed by atoms with Gasteiger partial charge < -0.3 is 5.32 Å². The predicted octanol–water partition coefficient (Wildman–Crippen LogP) is 5.83. The molecule has 0 radical (unpaired) electrons. The molecule has 0 atom stereocenters. The van der Waals surface area contributed by atoms with Crippen molar-refractivity contribution in [2.24, 2.45) is 0 Å². The number of benzene rings is 3. The highest BCUT2D eigenvalue weighted by molar-refractivity contribution is 7.92. The largest absolute Gasteiger partial charge is 0.325 e. The first-order chi connectivity index (χ1) is 15.3. The summed E-state index contributed by atoms with van der Waals surface area (Å²) in [5, 5.41) is 3.23. The summed E-state index contributed by atoms with van der Waals surface area (Å²) in [6, 6.07) is 20.7. The van der Waals surface area contributed by atoms with E-state index in [1.165, 1.54) is 17.7 Å². The molecule has 3 aromatic carbocycles. The summed E-state index contributed by atoms with van der Waals surface area (Å²) in [6.45, 7) is 3.50. The monoisotopic (exact) mass is 470 g/mol. The van der Waals surface area contributed by atoms with Crippen molar-refractivity contribution in [2.45, 2.75) is 38.0 Å². The van der Waals surface area contributed by atoms with E-state index in [-0.39, 0.29) is 11.4 Å². The van der Waals surface area contributed by atoms with Gasteiger partial charge in [-0.05, 0) is 67.3 Å². The summed E-state index contributed by atoms with van der Waals surface area (Å²) in [7, 11) is -3.98. The van der Waals surface area contributed by atoms with E-state index in [9.17, 15) is 13.2 Å². The molecule has 32 heavy (non-hydrogen) atoms. The van der Waals surface area contributed by atoms with Crippen LogP contribution in [0.15, 0.2) is 77.7 Å². The first kappa shape index (κ1) is 23.8. The Kier molecular flexibility index (Phi) is 7.94. The van der Waals surface area contributed by atoms with Crippen LogP contribution in [0.25, 0.3) is 0 Å². The normalized spacial score (nSPS) is 11.2. The van der Waals surface area contributed by atoms with Crippen molar-refractivity contribution in [3.8, 4) is 0 Å². The molecular formula is C25H27ClN2O3S. The molecule has 1 amide bonds. The van der Waals surface area contributed by atoms with Crippen molar-refractivity contribution < 1.29 is 13.2 Å². The van der Waals surface area contributed by atoms with Gasteiger partial charge in [0.15, 0.2) is 0 Å². The van der Waals surface area contributed by atoms with Gasteiger partial charge in [0.25, 0.3) is 10.0 Å². The average molecular weight is 471 g/mol. The Morgan fingerprint density at radius 1 is 0.969 bits per heavy atom. The van der Waals surface area contributed by atoms with Gasteiger partial charge in [-0.15, -0.1) is 0 Å². The Morgan fingerprint density at radius 3 is 2.31 bits per heavy atom. The van der Waals surface area contributed by atoms with Crippen LogP contribution in [0.1, 0.15) is 30.9 Å². The Morgan fingerprint density at radius 2 is 1.66 bits per heavy atom. The molecule has 3 rings (SSSR count). The van der Waals surface area contributed by atoms with E-state index < -0.39 is 15.9 Å². The minimum Gasteiger partial charge on any atom is -0.325 e. The smallest absolute Gasteiger partial charge is 0.264 e. The zero-order valence-electron chi connectivity index (χ0n) is 18.2. The lowest BCUT2D eigenvalue weighted by molar-refractivity contribution is -0.114. The van der Waals surface area contributed by atoms with Gasteiger partial charge >= 0.3 is 0 Å². The molecule has 0 bridgehead atoms. The second-order valence-corrected chi connectivity index (χ2v) is 9.83. The fourth-order valence-corrected chi connectivity index (χ4v) is 5.02. The van der Waals surface area contributed by atoms with Crippen LogP contribution >= 0.6 is 11.6 Å². The standard InChI is InChI=1S/C25H27ClN2O3S/c1-3-4-9-20-14-16-21(17-15-20)27-25(29)18-28(24-13-8-12-23(26)19(24)2)32(30,31)22-10-6-5-7-11-22/h5-8,10-17H,3-4,9,18H2,1-2H3,(H,27,29). The number of amides is 1. The third kappa shape index (κ3) is 5.69. The molecule has 0 saturated heterocycles. The number of nitrogens with one attached hydrogen (secondary N) is 1. The van der Waals surface area contributed by atoms with Crippen molar-refractivity contribution in [3.05, 3.63) is 88.9 Å². The minimum atomic E-state index is -3.98. The molecule has 0 spiro atoms. The zero-order chi connectivity index (χ0) is 23.1. The maximum absolute atomic E-state index is 13.4. The molecule has 0 saturated carbocycles. The van der Waals surface area contributed by atoms with E-state index >= 15 is 0 Å². The van der Waals surface area contributed by atoms with Gasteiger partial charge in [-0.25, -0.2) is 8.42 Å². The Bertz CT molecular complexity index is 1160. The highest BCUT2D eigenvalue weighted by Gasteiger charge is 2.28. The lowest BCUT2D eigenvalue weighted by atomic mass is 10.1. The number of nitrogens with zero attached hydrogens (tertiary/aromatic N) is 1. The van der Waals surface area contributed by atoms with Crippen LogP contribution in [-0.4, -0.2) is 20.9 Å². The Labute approximate surface area is 195 Å². The first-order valence-electron chi connectivity index (χ1n) is 10.5. The molecule has 0 fully saturated rings. The molecule has 168 valence electrons. The maximum atomic E-state index is 13.4. The zero-order valence-corrected chi connectivity index (χ0v) is 19.8. The van der Waals surface area contributed by atoms with Crippen LogP contribution in [0.5, 0.6) is 0 Å². The van der Waals surface area contributed by atoms with E-state index in [1.54, 1.807) is 43.3 Å². The number of halogens is 1. The van der Waals surface area contributed by atoms with Gasteiger partial charge in [0.2, 0.25) is 5.91 Å². The molecule has 0 unspecified atom stereocenters. The highest BCUT2D eigenvalue weighted by atomic mass is 35.5. The van der Waals surface area contributed by atoms with E-state index in [0.29, 0.717) is 22.0 Å². The van der Waals surface area contributed by atoms with Gasteiger partial charge in [0.05, 0.1) is 10.6 Å². The van der Waals surface area contributed by atoms with Crippen LogP contribution in [0.4, 0.5) is 11.4 Å². The summed E-state index contributed by atoms with van der Waals surface area (Å²) in [4.78, 5) is 13.0. The summed E-state index contributed by atoms with van der Waals surface area (Å²) in [6.07, 6.45) is 3.21. The number of aryl methyl sites for hydroxylation is 1. The topological polar surface area (TPSA) is 66.5 Å². The molecule has 5 nitrogen and oxygen atoms in total. The van der Waals surface area contributed by atoms with Crippen LogP contribution in [0, 0.1) is 6.92 Å². The molecule has 0 aliphatic heterocycles. The number of rotatable bonds is 9. The van der Waals surface area contributed by atoms with Crippen LogP contribution < -0.4 is 9.62 Å². The van der Waals surface area contributed by atoms with E-state index in [1.807, 2.05) is 24.3 Å². The highest BCUT2D eigenvalue weighted by Crippen LogP contribution is 2.30. The summed E-state index contributed by atoms with van der Waals surface area (Å²) < 4.78 is 28.0. The number of anilines is 2. The van der Waals surface area contributed by atoms with Crippen molar-refractivity contribution in [1.82, 2.24) is 0 Å². The lowest BCUT2D eigenvalue weighted by Crippen LogP contribution is -2.38. The van der Waals surface area contributed by atoms with E-state index in [2.05, 4.69) is 12.2 Å². The van der Waals surface area contributed by atoms with Crippen LogP contribution in [-0.2, 0) is 21.2 Å². The maximum Gasteiger partial charge on any atom is 0.264 e. The van der Waals surface area contributed by atoms with Crippen molar-refractivity contribution in [1.29, 1.82) is 0 Å². The second kappa shape index (κ2) is 10.7. The quantitative estimate of drug-likeness (QED) is 0.428. The van der Waals surface area contributed by atoms with Gasteiger partial charge in [-0.2, -0.15) is 0 Å². The molecule has 3 aromatic rings. The number of carbonyl (C=O) groups excluding carboxylic acids is 1.